The van der Waals surface area contributed by atoms with Crippen LogP contribution in [0.4, 0.5) is 18.9 Å². The van der Waals surface area contributed by atoms with E-state index in [1.807, 2.05) is 0 Å². The van der Waals surface area contributed by atoms with E-state index in [1.165, 1.54) is 12.3 Å². The van der Waals surface area contributed by atoms with Crippen molar-refractivity contribution in [2.24, 2.45) is 5.73 Å². The van der Waals surface area contributed by atoms with Gasteiger partial charge in [0.15, 0.2) is 0 Å². The third-order valence-corrected chi connectivity index (χ3v) is 3.21. The zero-order valence-corrected chi connectivity index (χ0v) is 12.0. The summed E-state index contributed by atoms with van der Waals surface area (Å²) in [5.41, 5.74) is 4.74. The van der Waals surface area contributed by atoms with E-state index in [1.54, 1.807) is 30.1 Å². The first-order valence-electron chi connectivity index (χ1n) is 6.03. The van der Waals surface area contributed by atoms with E-state index in [0.717, 1.165) is 6.07 Å². The van der Waals surface area contributed by atoms with Gasteiger partial charge in [0, 0.05) is 18.3 Å². The third-order valence-electron chi connectivity index (χ3n) is 2.99. The van der Waals surface area contributed by atoms with Crippen LogP contribution in [0.25, 0.3) is 0 Å². The van der Waals surface area contributed by atoms with Crippen molar-refractivity contribution in [3.05, 3.63) is 53.5 Å². The number of nitrogens with zero attached hydrogens (tertiary/aromatic N) is 1. The number of anilines is 1. The van der Waals surface area contributed by atoms with Crippen LogP contribution in [0.3, 0.4) is 0 Å². The highest BCUT2D eigenvalue weighted by molar-refractivity contribution is 7.80. The molecular weight excluding hydrogens is 301 g/mol. The molecular formula is C14H13F3N2OS. The third kappa shape index (κ3) is 3.55. The highest BCUT2D eigenvalue weighted by atomic mass is 32.1. The van der Waals surface area contributed by atoms with Crippen molar-refractivity contribution in [1.82, 2.24) is 0 Å². The van der Waals surface area contributed by atoms with Crippen molar-refractivity contribution in [3.8, 4) is 0 Å². The summed E-state index contributed by atoms with van der Waals surface area (Å²) in [7, 11) is 1.68. The van der Waals surface area contributed by atoms with Gasteiger partial charge in [-0.1, -0.05) is 12.2 Å². The van der Waals surface area contributed by atoms with E-state index >= 15 is 0 Å². The molecule has 0 amide bonds. The minimum absolute atomic E-state index is 0.173. The number of alkyl halides is 3. The quantitative estimate of drug-likeness (QED) is 0.876. The Hall–Kier alpha value is -2.02. The lowest BCUT2D eigenvalue weighted by Crippen LogP contribution is -2.21. The molecule has 2 N–H and O–H groups in total. The molecule has 3 nitrogen and oxygen atoms in total. The van der Waals surface area contributed by atoms with Crippen molar-refractivity contribution in [2.75, 3.05) is 11.9 Å². The minimum atomic E-state index is -4.51. The summed E-state index contributed by atoms with van der Waals surface area (Å²) >= 11 is 4.67. The van der Waals surface area contributed by atoms with Crippen LogP contribution in [-0.4, -0.2) is 12.0 Å². The normalized spacial score (nSPS) is 11.4. The van der Waals surface area contributed by atoms with Crippen molar-refractivity contribution in [1.29, 1.82) is 0 Å². The Bertz CT molecular complexity index is 638. The van der Waals surface area contributed by atoms with Crippen molar-refractivity contribution < 1.29 is 17.6 Å². The number of benzene rings is 1. The maximum absolute atomic E-state index is 13.1. The standard InChI is InChI=1S/C14H13F3N2OS/c1-19(8-10-3-2-6-20-10)9-4-5-11(13(18)21)12(7-9)14(15,16)17/h2-7H,8H2,1H3,(H2,18,21). The summed E-state index contributed by atoms with van der Waals surface area (Å²) in [6, 6.07) is 7.36. The Balaban J connectivity index is 2.35. The zero-order valence-electron chi connectivity index (χ0n) is 11.1. The summed E-state index contributed by atoms with van der Waals surface area (Å²) in [5, 5.41) is 0. The second-order valence-corrected chi connectivity index (χ2v) is 4.97. The van der Waals surface area contributed by atoms with E-state index in [9.17, 15) is 13.2 Å². The van der Waals surface area contributed by atoms with E-state index in [-0.39, 0.29) is 10.6 Å². The van der Waals surface area contributed by atoms with E-state index in [4.69, 9.17) is 10.2 Å². The van der Waals surface area contributed by atoms with Gasteiger partial charge < -0.3 is 15.1 Å². The first-order chi connectivity index (χ1) is 9.79. The van der Waals surface area contributed by atoms with E-state index < -0.39 is 11.7 Å². The van der Waals surface area contributed by atoms with Gasteiger partial charge in [0.05, 0.1) is 18.4 Å². The van der Waals surface area contributed by atoms with Crippen molar-refractivity contribution in [3.63, 3.8) is 0 Å². The molecule has 2 rings (SSSR count). The first-order valence-corrected chi connectivity index (χ1v) is 6.44. The summed E-state index contributed by atoms with van der Waals surface area (Å²) in [6.07, 6.45) is -3.00. The Morgan fingerprint density at radius 2 is 2.05 bits per heavy atom. The number of hydrogen-bond donors (Lipinski definition) is 1. The lowest BCUT2D eigenvalue weighted by Gasteiger charge is -2.21. The summed E-state index contributed by atoms with van der Waals surface area (Å²) in [4.78, 5) is 1.37. The van der Waals surface area contributed by atoms with Crippen molar-refractivity contribution in [2.45, 2.75) is 12.7 Å². The Morgan fingerprint density at radius 3 is 2.57 bits per heavy atom. The van der Waals surface area contributed by atoms with Crippen LogP contribution in [0.2, 0.25) is 0 Å². The van der Waals surface area contributed by atoms with Crippen LogP contribution in [0, 0.1) is 0 Å². The maximum atomic E-state index is 13.1. The second-order valence-electron chi connectivity index (χ2n) is 4.53. The Labute approximate surface area is 125 Å². The molecule has 0 saturated carbocycles. The number of thiocarbonyl (C=S) groups is 1. The molecule has 112 valence electrons. The van der Waals surface area contributed by atoms with Crippen LogP contribution in [0.5, 0.6) is 0 Å². The molecule has 1 aromatic carbocycles. The molecule has 2 aromatic rings. The van der Waals surface area contributed by atoms with E-state index in [0.29, 0.717) is 18.0 Å². The Morgan fingerprint density at radius 1 is 1.33 bits per heavy atom. The van der Waals surface area contributed by atoms with Crippen LogP contribution in [0.1, 0.15) is 16.9 Å². The molecule has 1 aromatic heterocycles. The van der Waals surface area contributed by atoms with E-state index in [2.05, 4.69) is 12.2 Å². The zero-order chi connectivity index (χ0) is 15.6. The maximum Gasteiger partial charge on any atom is 0.417 e. The lowest BCUT2D eigenvalue weighted by molar-refractivity contribution is -0.137. The van der Waals surface area contributed by atoms with Crippen LogP contribution < -0.4 is 10.6 Å². The second kappa shape index (κ2) is 5.77. The molecule has 21 heavy (non-hydrogen) atoms. The number of hydrogen-bond acceptors (Lipinski definition) is 3. The molecule has 0 aliphatic heterocycles. The molecule has 0 radical (unpaired) electrons. The molecule has 0 spiro atoms. The highest BCUT2D eigenvalue weighted by Crippen LogP contribution is 2.34. The number of furan rings is 1. The molecule has 0 aliphatic carbocycles. The van der Waals surface area contributed by atoms with Gasteiger partial charge in [0.25, 0.3) is 0 Å². The van der Waals surface area contributed by atoms with Crippen LogP contribution >= 0.6 is 12.2 Å². The number of nitrogens with two attached hydrogens (primary N) is 1. The van der Waals surface area contributed by atoms with Crippen LogP contribution in [0.15, 0.2) is 41.0 Å². The van der Waals surface area contributed by atoms with Gasteiger partial charge >= 0.3 is 6.18 Å². The largest absolute Gasteiger partial charge is 0.467 e. The van der Waals surface area contributed by atoms with Crippen LogP contribution in [-0.2, 0) is 12.7 Å². The topological polar surface area (TPSA) is 42.4 Å². The highest BCUT2D eigenvalue weighted by Gasteiger charge is 2.34. The van der Waals surface area contributed by atoms with Gasteiger partial charge in [-0.25, -0.2) is 0 Å². The lowest BCUT2D eigenvalue weighted by atomic mass is 10.1. The average Bonchev–Trinajstić information content (AvgIpc) is 2.89. The molecule has 1 heterocycles. The minimum Gasteiger partial charge on any atom is -0.467 e. The summed E-state index contributed by atoms with van der Waals surface area (Å²) < 4.78 is 44.4. The average molecular weight is 314 g/mol. The molecule has 0 saturated heterocycles. The van der Waals surface area contributed by atoms with Gasteiger partial charge in [-0.2, -0.15) is 13.2 Å². The van der Waals surface area contributed by atoms with Crippen molar-refractivity contribution >= 4 is 22.9 Å². The molecule has 7 heteroatoms. The molecule has 0 atom stereocenters. The fourth-order valence-corrected chi connectivity index (χ4v) is 2.12. The summed E-state index contributed by atoms with van der Waals surface area (Å²) in [5.74, 6) is 0.657. The van der Waals surface area contributed by atoms with Gasteiger partial charge in [0.2, 0.25) is 0 Å². The monoisotopic (exact) mass is 314 g/mol. The fraction of sp³-hybridized carbons (Fsp3) is 0.214. The molecule has 0 bridgehead atoms. The first kappa shape index (κ1) is 15.4. The predicted molar refractivity (Wildman–Crippen MR) is 78.1 cm³/mol. The molecule has 0 unspecified atom stereocenters. The number of rotatable bonds is 4. The van der Waals surface area contributed by atoms with Gasteiger partial charge in [-0.3, -0.25) is 0 Å². The Kier molecular flexibility index (Phi) is 4.22. The smallest absolute Gasteiger partial charge is 0.417 e. The molecule has 0 aliphatic rings. The van der Waals surface area contributed by atoms with Gasteiger partial charge in [0.1, 0.15) is 10.7 Å². The summed E-state index contributed by atoms with van der Waals surface area (Å²) in [6.45, 7) is 0.358. The predicted octanol–water partition coefficient (Wildman–Crippen LogP) is 3.57. The van der Waals surface area contributed by atoms with Gasteiger partial charge in [-0.05, 0) is 30.3 Å². The van der Waals surface area contributed by atoms with Gasteiger partial charge in [-0.15, -0.1) is 0 Å². The fourth-order valence-electron chi connectivity index (χ4n) is 1.95. The molecule has 0 fully saturated rings. The number of halogens is 3. The SMILES string of the molecule is CN(Cc1ccco1)c1ccc(C(N)=S)c(C(F)(F)F)c1.